The minimum Gasteiger partial charge on any atom is -0.399 e. The Bertz CT molecular complexity index is 717. The SMILES string of the molecule is Nc1ccc(-c2cccc3ccncc23)c(Cl)c1. The summed E-state index contributed by atoms with van der Waals surface area (Å²) < 4.78 is 0. The van der Waals surface area contributed by atoms with Crippen molar-refractivity contribution in [1.82, 2.24) is 4.98 Å². The first-order valence-electron chi connectivity index (χ1n) is 5.64. The van der Waals surface area contributed by atoms with Crippen LogP contribution in [0.4, 0.5) is 5.69 Å². The number of rotatable bonds is 1. The number of nitrogen functional groups attached to an aromatic ring is 1. The number of fused-ring (bicyclic) bond motifs is 1. The number of nitrogens with zero attached hydrogens (tertiary/aromatic N) is 1. The molecule has 0 saturated heterocycles. The number of hydrogen-bond donors (Lipinski definition) is 1. The topological polar surface area (TPSA) is 38.9 Å². The second-order valence-electron chi connectivity index (χ2n) is 4.14. The van der Waals surface area contributed by atoms with E-state index < -0.39 is 0 Å². The monoisotopic (exact) mass is 254 g/mol. The van der Waals surface area contributed by atoms with E-state index in [-0.39, 0.29) is 0 Å². The van der Waals surface area contributed by atoms with Crippen LogP contribution in [0.15, 0.2) is 54.9 Å². The smallest absolute Gasteiger partial charge is 0.0505 e. The largest absolute Gasteiger partial charge is 0.399 e. The van der Waals surface area contributed by atoms with E-state index in [0.29, 0.717) is 10.7 Å². The van der Waals surface area contributed by atoms with Crippen LogP contribution in [0.5, 0.6) is 0 Å². The van der Waals surface area contributed by atoms with Crippen molar-refractivity contribution < 1.29 is 0 Å². The molecular weight excluding hydrogens is 244 g/mol. The third-order valence-electron chi connectivity index (χ3n) is 2.97. The lowest BCUT2D eigenvalue weighted by Gasteiger charge is -2.08. The summed E-state index contributed by atoms with van der Waals surface area (Å²) in [5.41, 5.74) is 8.44. The first-order chi connectivity index (χ1) is 8.75. The number of benzene rings is 2. The summed E-state index contributed by atoms with van der Waals surface area (Å²) >= 11 is 6.26. The molecule has 2 nitrogen and oxygen atoms in total. The summed E-state index contributed by atoms with van der Waals surface area (Å²) in [7, 11) is 0. The number of hydrogen-bond acceptors (Lipinski definition) is 2. The molecule has 3 aromatic rings. The van der Waals surface area contributed by atoms with Gasteiger partial charge >= 0.3 is 0 Å². The van der Waals surface area contributed by atoms with Crippen molar-refractivity contribution in [2.75, 3.05) is 5.73 Å². The van der Waals surface area contributed by atoms with Crippen LogP contribution >= 0.6 is 11.6 Å². The fourth-order valence-electron chi connectivity index (χ4n) is 2.10. The first kappa shape index (κ1) is 11.1. The molecule has 88 valence electrons. The van der Waals surface area contributed by atoms with E-state index in [1.807, 2.05) is 36.5 Å². The Morgan fingerprint density at radius 1 is 1.00 bits per heavy atom. The molecule has 3 rings (SSSR count). The first-order valence-corrected chi connectivity index (χ1v) is 6.01. The highest BCUT2D eigenvalue weighted by Crippen LogP contribution is 2.33. The predicted molar refractivity (Wildman–Crippen MR) is 76.6 cm³/mol. The van der Waals surface area contributed by atoms with Gasteiger partial charge in [0.1, 0.15) is 0 Å². The molecule has 0 amide bonds. The molecule has 1 aromatic heterocycles. The Morgan fingerprint density at radius 3 is 2.72 bits per heavy atom. The highest BCUT2D eigenvalue weighted by atomic mass is 35.5. The summed E-state index contributed by atoms with van der Waals surface area (Å²) in [6.07, 6.45) is 3.65. The molecule has 0 aliphatic heterocycles. The van der Waals surface area contributed by atoms with Gasteiger partial charge in [0.05, 0.1) is 5.02 Å². The molecule has 0 bridgehead atoms. The molecule has 0 unspecified atom stereocenters. The summed E-state index contributed by atoms with van der Waals surface area (Å²) in [6, 6.07) is 13.7. The highest BCUT2D eigenvalue weighted by Gasteiger charge is 2.07. The van der Waals surface area contributed by atoms with Crippen LogP contribution in [-0.2, 0) is 0 Å². The molecule has 0 fully saturated rings. The molecule has 2 aromatic carbocycles. The average molecular weight is 255 g/mol. The lowest BCUT2D eigenvalue weighted by atomic mass is 9.99. The maximum absolute atomic E-state index is 6.26. The molecule has 0 radical (unpaired) electrons. The van der Waals surface area contributed by atoms with Gasteiger partial charge < -0.3 is 5.73 Å². The van der Waals surface area contributed by atoms with E-state index in [2.05, 4.69) is 11.1 Å². The Balaban J connectivity index is 2.31. The summed E-state index contributed by atoms with van der Waals surface area (Å²) in [5, 5.41) is 2.90. The molecule has 0 spiro atoms. The second kappa shape index (κ2) is 4.31. The molecule has 2 N–H and O–H groups in total. The average Bonchev–Trinajstić information content (AvgIpc) is 2.38. The van der Waals surface area contributed by atoms with Gasteiger partial charge in [0.25, 0.3) is 0 Å². The fraction of sp³-hybridized carbons (Fsp3) is 0. The third-order valence-corrected chi connectivity index (χ3v) is 3.28. The lowest BCUT2D eigenvalue weighted by Crippen LogP contribution is -1.87. The quantitative estimate of drug-likeness (QED) is 0.663. The Morgan fingerprint density at radius 2 is 1.89 bits per heavy atom. The number of halogens is 1. The van der Waals surface area contributed by atoms with E-state index in [1.54, 1.807) is 12.3 Å². The maximum Gasteiger partial charge on any atom is 0.0505 e. The van der Waals surface area contributed by atoms with Crippen molar-refractivity contribution in [3.63, 3.8) is 0 Å². The van der Waals surface area contributed by atoms with Gasteiger partial charge in [0, 0.05) is 29.0 Å². The van der Waals surface area contributed by atoms with E-state index in [4.69, 9.17) is 17.3 Å². The Hall–Kier alpha value is -2.06. The zero-order valence-electron chi connectivity index (χ0n) is 9.60. The van der Waals surface area contributed by atoms with Crippen molar-refractivity contribution in [1.29, 1.82) is 0 Å². The van der Waals surface area contributed by atoms with Gasteiger partial charge in [-0.3, -0.25) is 4.98 Å². The maximum atomic E-state index is 6.26. The Labute approximate surface area is 110 Å². The van der Waals surface area contributed by atoms with Crippen molar-refractivity contribution in [2.24, 2.45) is 0 Å². The molecule has 18 heavy (non-hydrogen) atoms. The van der Waals surface area contributed by atoms with E-state index >= 15 is 0 Å². The van der Waals surface area contributed by atoms with Crippen molar-refractivity contribution in [3.05, 3.63) is 59.9 Å². The van der Waals surface area contributed by atoms with E-state index in [1.165, 1.54) is 0 Å². The van der Waals surface area contributed by atoms with Crippen LogP contribution in [0.2, 0.25) is 5.02 Å². The van der Waals surface area contributed by atoms with Gasteiger partial charge in [-0.25, -0.2) is 0 Å². The lowest BCUT2D eigenvalue weighted by molar-refractivity contribution is 1.36. The summed E-state index contributed by atoms with van der Waals surface area (Å²) in [5.74, 6) is 0. The molecule has 0 aliphatic carbocycles. The zero-order valence-corrected chi connectivity index (χ0v) is 10.4. The zero-order chi connectivity index (χ0) is 12.5. The van der Waals surface area contributed by atoms with Gasteiger partial charge in [-0.05, 0) is 29.1 Å². The number of aromatic nitrogens is 1. The molecular formula is C15H11ClN2. The van der Waals surface area contributed by atoms with Crippen molar-refractivity contribution in [3.8, 4) is 11.1 Å². The summed E-state index contributed by atoms with van der Waals surface area (Å²) in [4.78, 5) is 4.18. The molecule has 0 saturated carbocycles. The van der Waals surface area contributed by atoms with Crippen LogP contribution in [-0.4, -0.2) is 4.98 Å². The van der Waals surface area contributed by atoms with Gasteiger partial charge in [0.15, 0.2) is 0 Å². The van der Waals surface area contributed by atoms with Crippen LogP contribution in [0, 0.1) is 0 Å². The number of nitrogens with two attached hydrogens (primary N) is 1. The van der Waals surface area contributed by atoms with Gasteiger partial charge in [0.2, 0.25) is 0 Å². The van der Waals surface area contributed by atoms with Crippen molar-refractivity contribution >= 4 is 28.1 Å². The molecule has 3 heteroatoms. The molecule has 1 heterocycles. The van der Waals surface area contributed by atoms with Crippen LogP contribution in [0.25, 0.3) is 21.9 Å². The Kier molecular flexibility index (Phi) is 2.65. The van der Waals surface area contributed by atoms with Crippen molar-refractivity contribution in [2.45, 2.75) is 0 Å². The van der Waals surface area contributed by atoms with Crippen LogP contribution in [0.3, 0.4) is 0 Å². The standard InChI is InChI=1S/C15H11ClN2/c16-15-8-11(17)4-5-13(15)12-3-1-2-10-6-7-18-9-14(10)12/h1-9H,17H2. The minimum absolute atomic E-state index is 0.659. The van der Waals surface area contributed by atoms with Crippen LogP contribution < -0.4 is 5.73 Å². The van der Waals surface area contributed by atoms with Gasteiger partial charge in [-0.1, -0.05) is 35.9 Å². The fourth-order valence-corrected chi connectivity index (χ4v) is 2.39. The summed E-state index contributed by atoms with van der Waals surface area (Å²) in [6.45, 7) is 0. The second-order valence-corrected chi connectivity index (χ2v) is 4.55. The van der Waals surface area contributed by atoms with E-state index in [0.717, 1.165) is 21.9 Å². The van der Waals surface area contributed by atoms with E-state index in [9.17, 15) is 0 Å². The number of anilines is 1. The van der Waals surface area contributed by atoms with Crippen LogP contribution in [0.1, 0.15) is 0 Å². The number of pyridine rings is 1. The normalized spacial score (nSPS) is 10.7. The molecule has 0 atom stereocenters. The third kappa shape index (κ3) is 1.81. The predicted octanol–water partition coefficient (Wildman–Crippen LogP) is 4.14. The minimum atomic E-state index is 0.659. The van der Waals surface area contributed by atoms with Gasteiger partial charge in [-0.2, -0.15) is 0 Å². The highest BCUT2D eigenvalue weighted by molar-refractivity contribution is 6.34. The molecule has 0 aliphatic rings. The van der Waals surface area contributed by atoms with Gasteiger partial charge in [-0.15, -0.1) is 0 Å².